The maximum Gasteiger partial charge on any atom is 0.307 e. The van der Waals surface area contributed by atoms with Gasteiger partial charge < -0.3 is 15.2 Å². The molecule has 110 valence electrons. The van der Waals surface area contributed by atoms with Crippen molar-refractivity contribution < 1.29 is 14.6 Å². The molecule has 0 fully saturated rings. The van der Waals surface area contributed by atoms with Crippen molar-refractivity contribution in [2.24, 2.45) is 0 Å². The highest BCUT2D eigenvalue weighted by Gasteiger charge is 2.00. The summed E-state index contributed by atoms with van der Waals surface area (Å²) in [6.45, 7) is 1.47. The number of benzene rings is 2. The third-order valence-electron chi connectivity index (χ3n) is 2.97. The van der Waals surface area contributed by atoms with Crippen molar-refractivity contribution >= 4 is 11.7 Å². The molecule has 0 aliphatic carbocycles. The summed E-state index contributed by atoms with van der Waals surface area (Å²) in [5.74, 6) is 0.0734. The van der Waals surface area contributed by atoms with Gasteiger partial charge in [0, 0.05) is 12.2 Å². The topological polar surface area (TPSA) is 58.6 Å². The van der Waals surface area contributed by atoms with Crippen LogP contribution in [0, 0.1) is 0 Å². The molecule has 0 bridgehead atoms. The Balaban J connectivity index is 1.65. The summed E-state index contributed by atoms with van der Waals surface area (Å²) in [4.78, 5) is 10.6. The van der Waals surface area contributed by atoms with E-state index in [0.29, 0.717) is 6.61 Å². The summed E-state index contributed by atoms with van der Waals surface area (Å²) in [5, 5.41) is 12.0. The Morgan fingerprint density at radius 3 is 2.43 bits per heavy atom. The van der Waals surface area contributed by atoms with E-state index in [0.717, 1.165) is 30.0 Å². The van der Waals surface area contributed by atoms with Crippen LogP contribution in [-0.2, 0) is 11.2 Å². The number of hydrogen-bond acceptors (Lipinski definition) is 3. The SMILES string of the molecule is O=C(O)Cc1ccc(NCCCOc2ccccc2)cc1. The second-order valence-corrected chi connectivity index (χ2v) is 4.71. The molecule has 2 aromatic rings. The second kappa shape index (κ2) is 7.94. The lowest BCUT2D eigenvalue weighted by Crippen LogP contribution is -2.07. The Morgan fingerprint density at radius 2 is 1.76 bits per heavy atom. The van der Waals surface area contributed by atoms with Crippen LogP contribution in [0.25, 0.3) is 0 Å². The van der Waals surface area contributed by atoms with Gasteiger partial charge in [-0.15, -0.1) is 0 Å². The van der Waals surface area contributed by atoms with Gasteiger partial charge >= 0.3 is 5.97 Å². The predicted molar refractivity (Wildman–Crippen MR) is 82.8 cm³/mol. The minimum Gasteiger partial charge on any atom is -0.494 e. The molecule has 4 heteroatoms. The van der Waals surface area contributed by atoms with E-state index in [1.165, 1.54) is 0 Å². The van der Waals surface area contributed by atoms with Gasteiger partial charge in [0.25, 0.3) is 0 Å². The maximum absolute atomic E-state index is 10.6. The van der Waals surface area contributed by atoms with E-state index >= 15 is 0 Å². The van der Waals surface area contributed by atoms with Gasteiger partial charge in [0.1, 0.15) is 5.75 Å². The quantitative estimate of drug-likeness (QED) is 0.731. The van der Waals surface area contributed by atoms with E-state index in [1.54, 1.807) is 0 Å². The number of rotatable bonds is 8. The van der Waals surface area contributed by atoms with Crippen molar-refractivity contribution in [3.8, 4) is 5.75 Å². The lowest BCUT2D eigenvalue weighted by Gasteiger charge is -2.08. The standard InChI is InChI=1S/C17H19NO3/c19-17(20)13-14-7-9-15(10-8-14)18-11-4-12-21-16-5-2-1-3-6-16/h1-3,5-10,18H,4,11-13H2,(H,19,20). The molecule has 0 spiro atoms. The largest absolute Gasteiger partial charge is 0.494 e. The average molecular weight is 285 g/mol. The Labute approximate surface area is 124 Å². The van der Waals surface area contributed by atoms with Crippen LogP contribution in [0.1, 0.15) is 12.0 Å². The van der Waals surface area contributed by atoms with Gasteiger partial charge in [0.05, 0.1) is 13.0 Å². The first-order valence-corrected chi connectivity index (χ1v) is 6.96. The van der Waals surface area contributed by atoms with Gasteiger partial charge in [-0.3, -0.25) is 4.79 Å². The molecule has 0 aliphatic heterocycles. The zero-order valence-corrected chi connectivity index (χ0v) is 11.8. The number of carboxylic acid groups (broad SMARTS) is 1. The minimum atomic E-state index is -0.811. The molecule has 0 radical (unpaired) electrons. The molecule has 0 aromatic heterocycles. The van der Waals surface area contributed by atoms with Crippen molar-refractivity contribution in [1.82, 2.24) is 0 Å². The monoisotopic (exact) mass is 285 g/mol. The van der Waals surface area contributed by atoms with Crippen molar-refractivity contribution in [3.63, 3.8) is 0 Å². The smallest absolute Gasteiger partial charge is 0.307 e. The molecule has 0 unspecified atom stereocenters. The molecule has 2 rings (SSSR count). The van der Waals surface area contributed by atoms with Crippen LogP contribution >= 0.6 is 0 Å². The van der Waals surface area contributed by atoms with E-state index in [1.807, 2.05) is 54.6 Å². The van der Waals surface area contributed by atoms with Gasteiger partial charge in [-0.05, 0) is 36.2 Å². The third kappa shape index (κ3) is 5.57. The minimum absolute atomic E-state index is 0.0607. The first kappa shape index (κ1) is 14.9. The maximum atomic E-state index is 10.6. The summed E-state index contributed by atoms with van der Waals surface area (Å²) < 4.78 is 5.60. The molecule has 2 aromatic carbocycles. The number of para-hydroxylation sites is 1. The van der Waals surface area contributed by atoms with E-state index in [2.05, 4.69) is 5.32 Å². The van der Waals surface area contributed by atoms with Crippen LogP contribution < -0.4 is 10.1 Å². The van der Waals surface area contributed by atoms with Crippen LogP contribution in [0.3, 0.4) is 0 Å². The summed E-state index contributed by atoms with van der Waals surface area (Å²) in [6.07, 6.45) is 0.955. The molecule has 2 N–H and O–H groups in total. The molecule has 4 nitrogen and oxygen atoms in total. The number of carboxylic acids is 1. The highest BCUT2D eigenvalue weighted by molar-refractivity contribution is 5.70. The number of aliphatic carboxylic acids is 1. The van der Waals surface area contributed by atoms with Crippen LogP contribution in [0.15, 0.2) is 54.6 Å². The lowest BCUT2D eigenvalue weighted by atomic mass is 10.1. The summed E-state index contributed by atoms with van der Waals surface area (Å²) in [6, 6.07) is 17.2. The van der Waals surface area contributed by atoms with Crippen molar-refractivity contribution in [3.05, 3.63) is 60.2 Å². The molecule has 0 saturated heterocycles. The predicted octanol–water partition coefficient (Wildman–Crippen LogP) is 3.19. The molecule has 0 heterocycles. The normalized spacial score (nSPS) is 10.1. The van der Waals surface area contributed by atoms with Gasteiger partial charge in [0.2, 0.25) is 0 Å². The van der Waals surface area contributed by atoms with Gasteiger partial charge in [-0.1, -0.05) is 30.3 Å². The van der Waals surface area contributed by atoms with E-state index in [4.69, 9.17) is 9.84 Å². The number of ether oxygens (including phenoxy) is 1. The number of carbonyl (C=O) groups is 1. The van der Waals surface area contributed by atoms with E-state index in [-0.39, 0.29) is 6.42 Å². The van der Waals surface area contributed by atoms with Crippen molar-refractivity contribution in [1.29, 1.82) is 0 Å². The Hall–Kier alpha value is -2.49. The van der Waals surface area contributed by atoms with Gasteiger partial charge in [0.15, 0.2) is 0 Å². The zero-order chi connectivity index (χ0) is 14.9. The summed E-state index contributed by atoms with van der Waals surface area (Å²) >= 11 is 0. The molecular formula is C17H19NO3. The van der Waals surface area contributed by atoms with Gasteiger partial charge in [-0.2, -0.15) is 0 Å². The Morgan fingerprint density at radius 1 is 1.05 bits per heavy atom. The fraction of sp³-hybridized carbons (Fsp3) is 0.235. The van der Waals surface area contributed by atoms with Gasteiger partial charge in [-0.25, -0.2) is 0 Å². The molecule has 0 aliphatic rings. The van der Waals surface area contributed by atoms with E-state index < -0.39 is 5.97 Å². The van der Waals surface area contributed by atoms with Crippen LogP contribution in [0.5, 0.6) is 5.75 Å². The van der Waals surface area contributed by atoms with Crippen LogP contribution in [0.2, 0.25) is 0 Å². The highest BCUT2D eigenvalue weighted by atomic mass is 16.5. The van der Waals surface area contributed by atoms with E-state index in [9.17, 15) is 4.79 Å². The first-order chi connectivity index (χ1) is 10.2. The Kier molecular flexibility index (Phi) is 5.64. The number of nitrogens with one attached hydrogen (secondary N) is 1. The number of anilines is 1. The van der Waals surface area contributed by atoms with Crippen LogP contribution in [0.4, 0.5) is 5.69 Å². The molecule has 0 atom stereocenters. The lowest BCUT2D eigenvalue weighted by molar-refractivity contribution is -0.136. The molecule has 0 amide bonds. The van der Waals surface area contributed by atoms with Crippen LogP contribution in [-0.4, -0.2) is 24.2 Å². The fourth-order valence-corrected chi connectivity index (χ4v) is 1.93. The second-order valence-electron chi connectivity index (χ2n) is 4.71. The zero-order valence-electron chi connectivity index (χ0n) is 11.8. The summed E-state index contributed by atoms with van der Waals surface area (Å²) in [5.41, 5.74) is 1.80. The first-order valence-electron chi connectivity index (χ1n) is 6.96. The van der Waals surface area contributed by atoms with Crippen molar-refractivity contribution in [2.75, 3.05) is 18.5 Å². The van der Waals surface area contributed by atoms with Crippen molar-refractivity contribution in [2.45, 2.75) is 12.8 Å². The third-order valence-corrected chi connectivity index (χ3v) is 2.97. The summed E-state index contributed by atoms with van der Waals surface area (Å²) in [7, 11) is 0. The molecule has 21 heavy (non-hydrogen) atoms. The Bertz CT molecular complexity index is 552. The number of hydrogen-bond donors (Lipinski definition) is 2. The molecular weight excluding hydrogens is 266 g/mol. The highest BCUT2D eigenvalue weighted by Crippen LogP contribution is 2.11. The fourth-order valence-electron chi connectivity index (χ4n) is 1.93. The average Bonchev–Trinajstić information content (AvgIpc) is 2.49. The molecule has 0 saturated carbocycles.